The Kier molecular flexibility index (Phi) is 6.13. The van der Waals surface area contributed by atoms with Crippen molar-refractivity contribution in [1.82, 2.24) is 4.90 Å². The number of carbonyl (C=O) groups is 1. The summed E-state index contributed by atoms with van der Waals surface area (Å²) in [6.45, 7) is 4.29. The first-order valence-corrected chi connectivity index (χ1v) is 10.6. The molecule has 0 atom stereocenters. The lowest BCUT2D eigenvalue weighted by atomic mass is 10.1. The van der Waals surface area contributed by atoms with Gasteiger partial charge in [0.15, 0.2) is 0 Å². The average Bonchev–Trinajstić information content (AvgIpc) is 2.65. The second-order valence-corrected chi connectivity index (χ2v) is 8.38. The van der Waals surface area contributed by atoms with Gasteiger partial charge in [-0.25, -0.2) is 8.42 Å². The maximum Gasteiger partial charge on any atom is 0.236 e. The maximum absolute atomic E-state index is 12.4. The summed E-state index contributed by atoms with van der Waals surface area (Å²) in [6, 6.07) is 14.4. The van der Waals surface area contributed by atoms with Gasteiger partial charge in [-0.15, -0.1) is 0 Å². The number of hydrogen-bond acceptors (Lipinski definition) is 4. The molecule has 1 N–H and O–H groups in total. The van der Waals surface area contributed by atoms with E-state index in [1.807, 2.05) is 31.2 Å². The van der Waals surface area contributed by atoms with Crippen LogP contribution in [0.3, 0.4) is 0 Å². The Hall–Kier alpha value is -2.38. The molecule has 0 aromatic heterocycles. The monoisotopic (exact) mass is 388 g/mol. The van der Waals surface area contributed by atoms with Gasteiger partial charge in [0.25, 0.3) is 0 Å². The van der Waals surface area contributed by atoms with Crippen LogP contribution in [0, 0.1) is 6.92 Å². The number of benzene rings is 2. The van der Waals surface area contributed by atoms with Crippen LogP contribution in [0.2, 0.25) is 0 Å². The number of carbonyl (C=O) groups excluding carboxylic acids is 1. The molecule has 0 radical (unpaired) electrons. The molecule has 0 spiro atoms. The Bertz CT molecular complexity index is 888. The van der Waals surface area contributed by atoms with Crippen LogP contribution >= 0.6 is 0 Å². The molecule has 1 saturated heterocycles. The minimum atomic E-state index is -3.50. The number of morpholine rings is 1. The molecule has 2 aromatic rings. The molecule has 1 aliphatic heterocycles. The van der Waals surface area contributed by atoms with Crippen molar-refractivity contribution in [3.63, 3.8) is 0 Å². The molecule has 1 heterocycles. The molecule has 0 unspecified atom stereocenters. The standard InChI is InChI=1S/C20H24N2O4S/c1-16-4-2-3-5-18(16)15-27(24,25)21-19-8-6-17(7-9-19)14-20(23)22-10-12-26-13-11-22/h2-9,21H,10-15H2,1H3. The van der Waals surface area contributed by atoms with Crippen LogP contribution in [0.25, 0.3) is 0 Å². The van der Waals surface area contributed by atoms with Gasteiger partial charge in [-0.1, -0.05) is 36.4 Å². The number of aryl methyl sites for hydroxylation is 1. The number of ether oxygens (including phenoxy) is 1. The van der Waals surface area contributed by atoms with E-state index in [1.54, 1.807) is 29.2 Å². The van der Waals surface area contributed by atoms with Crippen molar-refractivity contribution in [1.29, 1.82) is 0 Å². The van der Waals surface area contributed by atoms with E-state index in [0.29, 0.717) is 38.4 Å². The number of amides is 1. The van der Waals surface area contributed by atoms with Crippen LogP contribution in [-0.4, -0.2) is 45.5 Å². The number of nitrogens with zero attached hydrogens (tertiary/aromatic N) is 1. The predicted molar refractivity (Wildman–Crippen MR) is 105 cm³/mol. The summed E-state index contributed by atoms with van der Waals surface area (Å²) < 4.78 is 32.7. The van der Waals surface area contributed by atoms with Crippen molar-refractivity contribution in [2.75, 3.05) is 31.0 Å². The molecular weight excluding hydrogens is 364 g/mol. The highest BCUT2D eigenvalue weighted by Gasteiger charge is 2.17. The van der Waals surface area contributed by atoms with Crippen molar-refractivity contribution < 1.29 is 17.9 Å². The Morgan fingerprint density at radius 1 is 1.07 bits per heavy atom. The van der Waals surface area contributed by atoms with Gasteiger partial charge in [0.05, 0.1) is 25.4 Å². The minimum absolute atomic E-state index is 0.0613. The summed E-state index contributed by atoms with van der Waals surface area (Å²) in [5.41, 5.74) is 3.07. The third-order valence-corrected chi connectivity index (χ3v) is 5.79. The number of hydrogen-bond donors (Lipinski definition) is 1. The zero-order chi connectivity index (χ0) is 19.3. The van der Waals surface area contributed by atoms with Crippen LogP contribution < -0.4 is 4.72 Å². The quantitative estimate of drug-likeness (QED) is 0.824. The van der Waals surface area contributed by atoms with Crippen molar-refractivity contribution in [3.8, 4) is 0 Å². The lowest BCUT2D eigenvalue weighted by Crippen LogP contribution is -2.41. The van der Waals surface area contributed by atoms with E-state index in [1.165, 1.54) is 0 Å². The van der Waals surface area contributed by atoms with E-state index >= 15 is 0 Å². The molecule has 27 heavy (non-hydrogen) atoms. The number of sulfonamides is 1. The van der Waals surface area contributed by atoms with Gasteiger partial charge in [-0.2, -0.15) is 0 Å². The fourth-order valence-electron chi connectivity index (χ4n) is 2.98. The first-order chi connectivity index (χ1) is 12.9. The number of anilines is 1. The lowest BCUT2D eigenvalue weighted by molar-refractivity contribution is -0.134. The van der Waals surface area contributed by atoms with Gasteiger partial charge >= 0.3 is 0 Å². The second kappa shape index (κ2) is 8.54. The Morgan fingerprint density at radius 3 is 2.41 bits per heavy atom. The molecule has 1 amide bonds. The van der Waals surface area contributed by atoms with E-state index < -0.39 is 10.0 Å². The molecule has 2 aromatic carbocycles. The molecule has 6 nitrogen and oxygen atoms in total. The van der Waals surface area contributed by atoms with Gasteiger partial charge < -0.3 is 9.64 Å². The van der Waals surface area contributed by atoms with Gasteiger partial charge in [-0.05, 0) is 35.7 Å². The number of nitrogens with one attached hydrogen (secondary N) is 1. The summed E-state index contributed by atoms with van der Waals surface area (Å²) in [6.07, 6.45) is 0.302. The van der Waals surface area contributed by atoms with Gasteiger partial charge in [-0.3, -0.25) is 9.52 Å². The topological polar surface area (TPSA) is 75.7 Å². The summed E-state index contributed by atoms with van der Waals surface area (Å²) in [5.74, 6) is -0.0112. The first-order valence-electron chi connectivity index (χ1n) is 8.92. The largest absolute Gasteiger partial charge is 0.378 e. The molecule has 1 aliphatic rings. The molecule has 3 rings (SSSR count). The number of rotatable bonds is 6. The highest BCUT2D eigenvalue weighted by molar-refractivity contribution is 7.91. The normalized spacial score (nSPS) is 14.8. The van der Waals surface area contributed by atoms with Crippen LogP contribution in [0.4, 0.5) is 5.69 Å². The molecule has 0 aliphatic carbocycles. The Morgan fingerprint density at radius 2 is 1.74 bits per heavy atom. The van der Waals surface area contributed by atoms with E-state index in [4.69, 9.17) is 4.74 Å². The van der Waals surface area contributed by atoms with Crippen LogP contribution in [0.1, 0.15) is 16.7 Å². The minimum Gasteiger partial charge on any atom is -0.378 e. The molecule has 144 valence electrons. The molecule has 0 bridgehead atoms. The maximum atomic E-state index is 12.4. The zero-order valence-corrected chi connectivity index (χ0v) is 16.2. The summed E-state index contributed by atoms with van der Waals surface area (Å²) >= 11 is 0. The van der Waals surface area contributed by atoms with E-state index in [-0.39, 0.29) is 11.7 Å². The van der Waals surface area contributed by atoms with Crippen molar-refractivity contribution >= 4 is 21.6 Å². The first kappa shape index (κ1) is 19.4. The Balaban J connectivity index is 1.59. The van der Waals surface area contributed by atoms with Gasteiger partial charge in [0.1, 0.15) is 0 Å². The molecule has 1 fully saturated rings. The molecular formula is C20H24N2O4S. The summed E-state index contributed by atoms with van der Waals surface area (Å²) in [5, 5.41) is 0. The smallest absolute Gasteiger partial charge is 0.236 e. The molecule has 0 saturated carbocycles. The average molecular weight is 388 g/mol. The highest BCUT2D eigenvalue weighted by Crippen LogP contribution is 2.16. The lowest BCUT2D eigenvalue weighted by Gasteiger charge is -2.26. The van der Waals surface area contributed by atoms with Crippen molar-refractivity contribution in [3.05, 3.63) is 65.2 Å². The van der Waals surface area contributed by atoms with Crippen molar-refractivity contribution in [2.24, 2.45) is 0 Å². The van der Waals surface area contributed by atoms with E-state index in [2.05, 4.69) is 4.72 Å². The summed E-state index contributed by atoms with van der Waals surface area (Å²) in [7, 11) is -3.50. The van der Waals surface area contributed by atoms with E-state index in [9.17, 15) is 13.2 Å². The van der Waals surface area contributed by atoms with Gasteiger partial charge in [0.2, 0.25) is 15.9 Å². The highest BCUT2D eigenvalue weighted by atomic mass is 32.2. The molecule has 7 heteroatoms. The van der Waals surface area contributed by atoms with Crippen LogP contribution in [-0.2, 0) is 31.7 Å². The predicted octanol–water partition coefficient (Wildman–Crippen LogP) is 2.34. The summed E-state index contributed by atoms with van der Waals surface area (Å²) in [4.78, 5) is 14.1. The Labute approximate surface area is 160 Å². The zero-order valence-electron chi connectivity index (χ0n) is 15.3. The van der Waals surface area contributed by atoms with Crippen LogP contribution in [0.15, 0.2) is 48.5 Å². The fourth-order valence-corrected chi connectivity index (χ4v) is 4.28. The van der Waals surface area contributed by atoms with Gasteiger partial charge in [0, 0.05) is 18.8 Å². The van der Waals surface area contributed by atoms with Crippen LogP contribution in [0.5, 0.6) is 0 Å². The van der Waals surface area contributed by atoms with Crippen molar-refractivity contribution in [2.45, 2.75) is 19.1 Å². The third kappa shape index (κ3) is 5.55. The SMILES string of the molecule is Cc1ccccc1CS(=O)(=O)Nc1ccc(CC(=O)N2CCOCC2)cc1. The fraction of sp³-hybridized carbons (Fsp3) is 0.350. The third-order valence-electron chi connectivity index (χ3n) is 4.55. The second-order valence-electron chi connectivity index (χ2n) is 6.65. The van der Waals surface area contributed by atoms with E-state index in [0.717, 1.165) is 16.7 Å².